The van der Waals surface area contributed by atoms with Crippen LogP contribution in [0.15, 0.2) is 59.5 Å². The van der Waals surface area contributed by atoms with E-state index in [0.717, 1.165) is 43.0 Å². The molecule has 9 heteroatoms. The number of nitrogens with zero attached hydrogens (tertiary/aromatic N) is 3. The lowest BCUT2D eigenvalue weighted by Crippen LogP contribution is -2.27. The topological polar surface area (TPSA) is 68.6 Å². The molecule has 1 N–H and O–H groups in total. The predicted molar refractivity (Wildman–Crippen MR) is 143 cm³/mol. The van der Waals surface area contributed by atoms with E-state index in [9.17, 15) is 9.18 Å². The SMILES string of the molecule is COc1ccc(CCN(C)CCCNc2c(Cl)cnn(C/C=C/c3ccc(F)cc3)c2=O)cc1OC. The van der Waals surface area contributed by atoms with Crippen molar-refractivity contribution in [2.75, 3.05) is 46.2 Å². The van der Waals surface area contributed by atoms with E-state index in [1.165, 1.54) is 28.6 Å². The van der Waals surface area contributed by atoms with Gasteiger partial charge in [0.1, 0.15) is 11.5 Å². The number of likely N-dealkylation sites (N-methyl/N-ethyl adjacent to an activating group) is 1. The Kier molecular flexibility index (Phi) is 10.3. The maximum absolute atomic E-state index is 13.0. The van der Waals surface area contributed by atoms with Gasteiger partial charge in [0.25, 0.3) is 5.56 Å². The summed E-state index contributed by atoms with van der Waals surface area (Å²) in [6.45, 7) is 2.63. The van der Waals surface area contributed by atoms with Crippen LogP contribution in [0.3, 0.4) is 0 Å². The molecule has 0 amide bonds. The lowest BCUT2D eigenvalue weighted by Gasteiger charge is -2.17. The van der Waals surface area contributed by atoms with Crippen molar-refractivity contribution in [2.45, 2.75) is 19.4 Å². The first-order valence-electron chi connectivity index (χ1n) is 11.7. The minimum Gasteiger partial charge on any atom is -0.493 e. The number of ether oxygens (including phenoxy) is 2. The third kappa shape index (κ3) is 7.83. The molecule has 0 fully saturated rings. The molecule has 0 aliphatic carbocycles. The minimum absolute atomic E-state index is 0.279. The maximum Gasteiger partial charge on any atom is 0.291 e. The Labute approximate surface area is 216 Å². The molecule has 3 rings (SSSR count). The Morgan fingerprint density at radius 2 is 1.86 bits per heavy atom. The number of nitrogens with one attached hydrogen (secondary N) is 1. The lowest BCUT2D eigenvalue weighted by atomic mass is 10.1. The van der Waals surface area contributed by atoms with Gasteiger partial charge >= 0.3 is 0 Å². The first kappa shape index (κ1) is 27.2. The van der Waals surface area contributed by atoms with Crippen molar-refractivity contribution < 1.29 is 13.9 Å². The first-order chi connectivity index (χ1) is 17.4. The molecule has 7 nitrogen and oxygen atoms in total. The fraction of sp³-hybridized carbons (Fsp3) is 0.333. The van der Waals surface area contributed by atoms with E-state index in [1.807, 2.05) is 24.3 Å². The highest BCUT2D eigenvalue weighted by atomic mass is 35.5. The molecule has 192 valence electrons. The zero-order valence-electron chi connectivity index (χ0n) is 20.8. The minimum atomic E-state index is -0.289. The molecule has 2 aromatic carbocycles. The van der Waals surface area contributed by atoms with Crippen molar-refractivity contribution in [1.82, 2.24) is 14.7 Å². The molecule has 0 aliphatic heterocycles. The molecule has 0 spiro atoms. The highest BCUT2D eigenvalue weighted by Gasteiger charge is 2.10. The number of allylic oxidation sites excluding steroid dienone is 1. The van der Waals surface area contributed by atoms with Gasteiger partial charge in [0, 0.05) is 13.1 Å². The van der Waals surface area contributed by atoms with E-state index in [-0.39, 0.29) is 17.9 Å². The van der Waals surface area contributed by atoms with Crippen LogP contribution in [0.1, 0.15) is 17.5 Å². The highest BCUT2D eigenvalue weighted by molar-refractivity contribution is 6.33. The molecule has 0 unspecified atom stereocenters. The van der Waals surface area contributed by atoms with Crippen molar-refractivity contribution in [3.63, 3.8) is 0 Å². The third-order valence-electron chi connectivity index (χ3n) is 5.70. The fourth-order valence-corrected chi connectivity index (χ4v) is 3.84. The first-order valence-corrected chi connectivity index (χ1v) is 12.1. The van der Waals surface area contributed by atoms with Crippen LogP contribution in [0.4, 0.5) is 10.1 Å². The predicted octanol–water partition coefficient (Wildman–Crippen LogP) is 4.74. The molecule has 0 aliphatic rings. The van der Waals surface area contributed by atoms with Crippen molar-refractivity contribution in [3.05, 3.63) is 87.1 Å². The normalized spacial score (nSPS) is 11.3. The van der Waals surface area contributed by atoms with Gasteiger partial charge in [-0.3, -0.25) is 4.79 Å². The summed E-state index contributed by atoms with van der Waals surface area (Å²) in [5.41, 5.74) is 2.07. The highest BCUT2D eigenvalue weighted by Crippen LogP contribution is 2.27. The summed E-state index contributed by atoms with van der Waals surface area (Å²) in [5.74, 6) is 1.16. The number of anilines is 1. The van der Waals surface area contributed by atoms with E-state index in [1.54, 1.807) is 32.4 Å². The Bertz CT molecular complexity index is 1210. The molecule has 0 saturated heterocycles. The largest absolute Gasteiger partial charge is 0.493 e. The van der Waals surface area contributed by atoms with E-state index in [2.05, 4.69) is 22.4 Å². The molecule has 36 heavy (non-hydrogen) atoms. The van der Waals surface area contributed by atoms with Gasteiger partial charge in [0.05, 0.1) is 32.0 Å². The molecule has 0 radical (unpaired) electrons. The van der Waals surface area contributed by atoms with Gasteiger partial charge in [-0.05, 0) is 61.8 Å². The second-order valence-electron chi connectivity index (χ2n) is 8.33. The van der Waals surface area contributed by atoms with Crippen molar-refractivity contribution >= 4 is 23.4 Å². The smallest absolute Gasteiger partial charge is 0.291 e. The van der Waals surface area contributed by atoms with Crippen LogP contribution in [0.5, 0.6) is 11.5 Å². The van der Waals surface area contributed by atoms with Crippen LogP contribution in [0, 0.1) is 5.82 Å². The second-order valence-corrected chi connectivity index (χ2v) is 8.74. The van der Waals surface area contributed by atoms with Crippen molar-refractivity contribution in [1.29, 1.82) is 0 Å². The molecule has 1 heterocycles. The Morgan fingerprint density at radius 1 is 1.11 bits per heavy atom. The van der Waals surface area contributed by atoms with Crippen molar-refractivity contribution in [2.24, 2.45) is 0 Å². The van der Waals surface area contributed by atoms with Gasteiger partial charge in [0.2, 0.25) is 0 Å². The van der Waals surface area contributed by atoms with Crippen LogP contribution < -0.4 is 20.3 Å². The summed E-state index contributed by atoms with van der Waals surface area (Å²) in [6.07, 6.45) is 6.80. The summed E-state index contributed by atoms with van der Waals surface area (Å²) >= 11 is 6.23. The summed E-state index contributed by atoms with van der Waals surface area (Å²) in [6, 6.07) is 12.1. The summed E-state index contributed by atoms with van der Waals surface area (Å²) < 4.78 is 25.0. The van der Waals surface area contributed by atoms with E-state index < -0.39 is 0 Å². The molecule has 0 atom stereocenters. The maximum atomic E-state index is 13.0. The van der Waals surface area contributed by atoms with E-state index >= 15 is 0 Å². The van der Waals surface area contributed by atoms with Crippen molar-refractivity contribution in [3.8, 4) is 11.5 Å². The van der Waals surface area contributed by atoms with E-state index in [4.69, 9.17) is 21.1 Å². The number of halogens is 2. The standard InChI is InChI=1S/C27H32ClFN4O3/c1-32(17-13-21-9-12-24(35-2)25(18-21)36-3)15-5-14-30-26-23(28)19-31-33(27(26)34)16-4-6-20-7-10-22(29)11-8-20/h4,6-12,18-19,30H,5,13-17H2,1-3H3/b6-4+. The summed E-state index contributed by atoms with van der Waals surface area (Å²) in [5, 5.41) is 7.57. The van der Waals surface area contributed by atoms with Crippen LogP contribution in [0.2, 0.25) is 5.02 Å². The summed E-state index contributed by atoms with van der Waals surface area (Å²) in [4.78, 5) is 15.0. The van der Waals surface area contributed by atoms with Crippen LogP contribution in [-0.2, 0) is 13.0 Å². The number of methoxy groups -OCH3 is 2. The fourth-order valence-electron chi connectivity index (χ4n) is 3.65. The van der Waals surface area contributed by atoms with Crippen LogP contribution in [0.25, 0.3) is 6.08 Å². The van der Waals surface area contributed by atoms with Gasteiger partial charge in [0.15, 0.2) is 11.5 Å². The quantitative estimate of drug-likeness (QED) is 0.332. The van der Waals surface area contributed by atoms with Gasteiger partial charge in [-0.25, -0.2) is 9.07 Å². The van der Waals surface area contributed by atoms with E-state index in [0.29, 0.717) is 17.3 Å². The van der Waals surface area contributed by atoms with Gasteiger partial charge in [-0.2, -0.15) is 5.10 Å². The number of benzene rings is 2. The van der Waals surface area contributed by atoms with Gasteiger partial charge < -0.3 is 19.7 Å². The Morgan fingerprint density at radius 3 is 2.58 bits per heavy atom. The second kappa shape index (κ2) is 13.7. The zero-order chi connectivity index (χ0) is 25.9. The van der Waals surface area contributed by atoms with Gasteiger partial charge in [-0.15, -0.1) is 0 Å². The van der Waals surface area contributed by atoms with Crippen LogP contribution in [-0.4, -0.2) is 55.6 Å². The third-order valence-corrected chi connectivity index (χ3v) is 5.99. The van der Waals surface area contributed by atoms with Crippen LogP contribution >= 0.6 is 11.6 Å². The number of rotatable bonds is 13. The average Bonchev–Trinajstić information content (AvgIpc) is 2.89. The number of aromatic nitrogens is 2. The molecule has 0 bridgehead atoms. The lowest BCUT2D eigenvalue weighted by molar-refractivity contribution is 0.335. The summed E-state index contributed by atoms with van der Waals surface area (Å²) in [7, 11) is 5.33. The average molecular weight is 515 g/mol. The molecule has 1 aromatic heterocycles. The Balaban J connectivity index is 1.46. The molecule has 3 aromatic rings. The number of hydrogen-bond donors (Lipinski definition) is 1. The molecule has 0 saturated carbocycles. The monoisotopic (exact) mass is 514 g/mol. The molecular weight excluding hydrogens is 483 g/mol. The molecular formula is C27H32ClFN4O3. The zero-order valence-corrected chi connectivity index (χ0v) is 21.6. The Hall–Kier alpha value is -3.36. The number of hydrogen-bond acceptors (Lipinski definition) is 6. The van der Waals surface area contributed by atoms with Gasteiger partial charge in [-0.1, -0.05) is 42.0 Å².